The summed E-state index contributed by atoms with van der Waals surface area (Å²) in [4.78, 5) is 11.3. The van der Waals surface area contributed by atoms with Crippen LogP contribution in [-0.4, -0.2) is 45.2 Å². The minimum atomic E-state index is -0.311. The SMILES string of the molecule is CCOC(CNC(CC)C(=O)OC)OCC. The van der Waals surface area contributed by atoms with Gasteiger partial charge < -0.3 is 14.2 Å². The third-order valence-corrected chi connectivity index (χ3v) is 2.13. The Bertz CT molecular complexity index is 181. The van der Waals surface area contributed by atoms with Crippen LogP contribution < -0.4 is 5.32 Å². The molecular formula is C11H23NO4. The van der Waals surface area contributed by atoms with E-state index in [1.54, 1.807) is 0 Å². The lowest BCUT2D eigenvalue weighted by Gasteiger charge is -2.20. The fourth-order valence-electron chi connectivity index (χ4n) is 1.31. The number of rotatable bonds is 9. The van der Waals surface area contributed by atoms with Crippen molar-refractivity contribution >= 4 is 5.97 Å². The van der Waals surface area contributed by atoms with Gasteiger partial charge in [0.15, 0.2) is 6.29 Å². The number of nitrogens with one attached hydrogen (secondary N) is 1. The zero-order valence-electron chi connectivity index (χ0n) is 10.6. The molecule has 0 fully saturated rings. The molecule has 1 N–H and O–H groups in total. The van der Waals surface area contributed by atoms with Gasteiger partial charge in [0, 0.05) is 19.8 Å². The summed E-state index contributed by atoms with van der Waals surface area (Å²) in [5.74, 6) is -0.255. The lowest BCUT2D eigenvalue weighted by molar-refractivity contribution is -0.147. The molecule has 5 nitrogen and oxygen atoms in total. The number of methoxy groups -OCH3 is 1. The van der Waals surface area contributed by atoms with Crippen molar-refractivity contribution in [3.63, 3.8) is 0 Å². The molecule has 1 unspecified atom stereocenters. The Morgan fingerprint density at radius 3 is 2.12 bits per heavy atom. The van der Waals surface area contributed by atoms with Crippen LogP contribution >= 0.6 is 0 Å². The highest BCUT2D eigenvalue weighted by Crippen LogP contribution is 1.98. The molecule has 0 aromatic heterocycles. The van der Waals surface area contributed by atoms with Crippen LogP contribution in [0.1, 0.15) is 27.2 Å². The van der Waals surface area contributed by atoms with Gasteiger partial charge >= 0.3 is 5.97 Å². The van der Waals surface area contributed by atoms with Gasteiger partial charge in [-0.25, -0.2) is 0 Å². The van der Waals surface area contributed by atoms with Crippen molar-refractivity contribution in [3.05, 3.63) is 0 Å². The van der Waals surface area contributed by atoms with Crippen LogP contribution in [0.5, 0.6) is 0 Å². The number of esters is 1. The molecule has 0 saturated carbocycles. The summed E-state index contributed by atoms with van der Waals surface area (Å²) < 4.78 is 15.4. The zero-order valence-corrected chi connectivity index (χ0v) is 10.6. The number of carbonyl (C=O) groups is 1. The van der Waals surface area contributed by atoms with E-state index in [1.807, 2.05) is 20.8 Å². The Hall–Kier alpha value is -0.650. The quantitative estimate of drug-likeness (QED) is 0.474. The van der Waals surface area contributed by atoms with Crippen molar-refractivity contribution in [3.8, 4) is 0 Å². The fourth-order valence-corrected chi connectivity index (χ4v) is 1.31. The summed E-state index contributed by atoms with van der Waals surface area (Å²) >= 11 is 0. The van der Waals surface area contributed by atoms with Gasteiger partial charge in [0.1, 0.15) is 6.04 Å². The van der Waals surface area contributed by atoms with Gasteiger partial charge in [-0.2, -0.15) is 0 Å². The molecule has 0 aromatic rings. The topological polar surface area (TPSA) is 56.8 Å². The molecule has 0 bridgehead atoms. The Morgan fingerprint density at radius 1 is 1.19 bits per heavy atom. The monoisotopic (exact) mass is 233 g/mol. The molecule has 0 radical (unpaired) electrons. The largest absolute Gasteiger partial charge is 0.468 e. The summed E-state index contributed by atoms with van der Waals surface area (Å²) in [7, 11) is 1.38. The van der Waals surface area contributed by atoms with Gasteiger partial charge in [-0.1, -0.05) is 6.92 Å². The van der Waals surface area contributed by atoms with Crippen LogP contribution in [0.4, 0.5) is 0 Å². The van der Waals surface area contributed by atoms with E-state index in [0.29, 0.717) is 26.2 Å². The van der Waals surface area contributed by atoms with Crippen molar-refractivity contribution < 1.29 is 19.0 Å². The minimum absolute atomic E-state index is 0.255. The van der Waals surface area contributed by atoms with Gasteiger partial charge in [0.2, 0.25) is 0 Å². The second kappa shape index (κ2) is 9.57. The highest BCUT2D eigenvalue weighted by atomic mass is 16.7. The Morgan fingerprint density at radius 2 is 1.75 bits per heavy atom. The zero-order chi connectivity index (χ0) is 12.4. The summed E-state index contributed by atoms with van der Waals surface area (Å²) in [5.41, 5.74) is 0. The predicted molar refractivity (Wildman–Crippen MR) is 61.1 cm³/mol. The Balaban J connectivity index is 3.99. The van der Waals surface area contributed by atoms with E-state index < -0.39 is 0 Å². The molecule has 0 saturated heterocycles. The summed E-state index contributed by atoms with van der Waals surface area (Å²) in [6.07, 6.45) is 0.367. The minimum Gasteiger partial charge on any atom is -0.468 e. The van der Waals surface area contributed by atoms with Crippen LogP contribution in [-0.2, 0) is 19.0 Å². The van der Waals surface area contributed by atoms with Crippen LogP contribution in [0.15, 0.2) is 0 Å². The molecule has 0 aliphatic rings. The molecule has 16 heavy (non-hydrogen) atoms. The van der Waals surface area contributed by atoms with Gasteiger partial charge in [-0.15, -0.1) is 0 Å². The number of ether oxygens (including phenoxy) is 3. The van der Waals surface area contributed by atoms with Crippen LogP contribution in [0.25, 0.3) is 0 Å². The molecule has 0 spiro atoms. The Labute approximate surface area is 97.4 Å². The van der Waals surface area contributed by atoms with Crippen molar-refractivity contribution in [1.82, 2.24) is 5.32 Å². The first kappa shape index (κ1) is 15.3. The first-order valence-electron chi connectivity index (χ1n) is 5.73. The molecule has 0 aliphatic heterocycles. The molecule has 0 aliphatic carbocycles. The Kier molecular flexibility index (Phi) is 9.18. The van der Waals surface area contributed by atoms with E-state index in [-0.39, 0.29) is 18.3 Å². The number of hydrogen-bond acceptors (Lipinski definition) is 5. The van der Waals surface area contributed by atoms with Crippen LogP contribution in [0.3, 0.4) is 0 Å². The molecule has 5 heteroatoms. The normalized spacial score (nSPS) is 12.8. The highest BCUT2D eigenvalue weighted by Gasteiger charge is 2.18. The lowest BCUT2D eigenvalue weighted by atomic mass is 10.2. The molecule has 0 amide bonds. The lowest BCUT2D eigenvalue weighted by Crippen LogP contribution is -2.42. The molecule has 1 atom stereocenters. The smallest absolute Gasteiger partial charge is 0.322 e. The van der Waals surface area contributed by atoms with Crippen molar-refractivity contribution in [2.24, 2.45) is 0 Å². The second-order valence-electron chi connectivity index (χ2n) is 3.23. The maximum Gasteiger partial charge on any atom is 0.322 e. The van der Waals surface area contributed by atoms with Crippen LogP contribution in [0.2, 0.25) is 0 Å². The van der Waals surface area contributed by atoms with E-state index >= 15 is 0 Å². The molecule has 0 rings (SSSR count). The van der Waals surface area contributed by atoms with Crippen molar-refractivity contribution in [2.45, 2.75) is 39.5 Å². The first-order valence-corrected chi connectivity index (χ1v) is 5.73. The second-order valence-corrected chi connectivity index (χ2v) is 3.23. The van der Waals surface area contributed by atoms with E-state index in [9.17, 15) is 4.79 Å². The van der Waals surface area contributed by atoms with Gasteiger partial charge in [-0.05, 0) is 20.3 Å². The van der Waals surface area contributed by atoms with Crippen molar-refractivity contribution in [2.75, 3.05) is 26.9 Å². The molecule has 0 aromatic carbocycles. The summed E-state index contributed by atoms with van der Waals surface area (Å²) in [5, 5.41) is 3.07. The van der Waals surface area contributed by atoms with E-state index in [2.05, 4.69) is 10.1 Å². The summed E-state index contributed by atoms with van der Waals surface area (Å²) in [6.45, 7) is 7.39. The van der Waals surface area contributed by atoms with E-state index in [0.717, 1.165) is 0 Å². The van der Waals surface area contributed by atoms with Gasteiger partial charge in [0.05, 0.1) is 7.11 Å². The average molecular weight is 233 g/mol. The maximum absolute atomic E-state index is 11.3. The standard InChI is InChI=1S/C11H23NO4/c1-5-9(11(13)14-4)12-8-10(15-6-2)16-7-3/h9-10,12H,5-8H2,1-4H3. The number of carbonyl (C=O) groups excluding carboxylic acids is 1. The molecule has 96 valence electrons. The van der Waals surface area contributed by atoms with Gasteiger partial charge in [-0.3, -0.25) is 10.1 Å². The molecule has 0 heterocycles. The average Bonchev–Trinajstić information content (AvgIpc) is 2.29. The van der Waals surface area contributed by atoms with Crippen LogP contribution in [0, 0.1) is 0 Å². The van der Waals surface area contributed by atoms with E-state index in [4.69, 9.17) is 9.47 Å². The number of hydrogen-bond donors (Lipinski definition) is 1. The first-order chi connectivity index (χ1) is 7.69. The fraction of sp³-hybridized carbons (Fsp3) is 0.909. The molecular weight excluding hydrogens is 210 g/mol. The highest BCUT2D eigenvalue weighted by molar-refractivity contribution is 5.75. The summed E-state index contributed by atoms with van der Waals surface area (Å²) in [6, 6.07) is -0.298. The third-order valence-electron chi connectivity index (χ3n) is 2.13. The maximum atomic E-state index is 11.3. The van der Waals surface area contributed by atoms with Crippen molar-refractivity contribution in [1.29, 1.82) is 0 Å². The predicted octanol–water partition coefficient (Wildman–Crippen LogP) is 0.927. The third kappa shape index (κ3) is 6.05. The van der Waals surface area contributed by atoms with Gasteiger partial charge in [0.25, 0.3) is 0 Å². The van der Waals surface area contributed by atoms with E-state index in [1.165, 1.54) is 7.11 Å².